The van der Waals surface area contributed by atoms with Crippen molar-refractivity contribution in [1.29, 1.82) is 0 Å². The Morgan fingerprint density at radius 2 is 1.15 bits per heavy atom. The zero-order chi connectivity index (χ0) is 34.4. The van der Waals surface area contributed by atoms with Gasteiger partial charge in [0, 0.05) is 27.7 Å². The molecule has 1 nitrogen and oxygen atoms in total. The van der Waals surface area contributed by atoms with E-state index in [1.807, 2.05) is 30.3 Å². The molecule has 3 atom stereocenters. The van der Waals surface area contributed by atoms with Crippen LogP contribution in [0.25, 0.3) is 66.7 Å². The van der Waals surface area contributed by atoms with Gasteiger partial charge >= 0.3 is 0 Å². The van der Waals surface area contributed by atoms with Crippen molar-refractivity contribution in [1.82, 2.24) is 0 Å². The third-order valence-corrected chi connectivity index (χ3v) is 14.7. The lowest BCUT2D eigenvalue weighted by molar-refractivity contribution is 0.592. The average Bonchev–Trinajstić information content (AvgIpc) is 3.22. The Hall–Kier alpha value is -6.01. The first-order valence-corrected chi connectivity index (χ1v) is 19.8. The smallest absolute Gasteiger partial charge is 0.171 e. The maximum Gasteiger partial charge on any atom is 0.171 e. The minimum absolute atomic E-state index is 0.339. The van der Waals surface area contributed by atoms with Crippen LogP contribution in [0.3, 0.4) is 0 Å². The van der Waals surface area contributed by atoms with E-state index >= 15 is 4.57 Å². The molecule has 3 aliphatic carbocycles. The lowest BCUT2D eigenvalue weighted by Gasteiger charge is -2.36. The van der Waals surface area contributed by atoms with E-state index in [-0.39, 0.29) is 0 Å². The molecule has 0 radical (unpaired) electrons. The van der Waals surface area contributed by atoms with Crippen molar-refractivity contribution >= 4 is 67.5 Å². The summed E-state index contributed by atoms with van der Waals surface area (Å²) in [5, 5.41) is 10.1. The molecule has 3 unspecified atom stereocenters. The predicted molar refractivity (Wildman–Crippen MR) is 222 cm³/mol. The molecule has 0 heterocycles. The van der Waals surface area contributed by atoms with Crippen LogP contribution in [-0.2, 0) is 4.57 Å². The lowest BCUT2D eigenvalue weighted by Crippen LogP contribution is -2.25. The maximum absolute atomic E-state index is 16.1. The Kier molecular flexibility index (Phi) is 6.42. The van der Waals surface area contributed by atoms with Gasteiger partial charge in [-0.2, -0.15) is 0 Å². The highest BCUT2D eigenvalue weighted by molar-refractivity contribution is 7.85. The molecule has 0 aliphatic heterocycles. The van der Waals surface area contributed by atoms with Gasteiger partial charge in [0.2, 0.25) is 0 Å². The Bertz CT molecular complexity index is 2920. The summed E-state index contributed by atoms with van der Waals surface area (Å²) in [5.74, 6) is 0.711. The average molecular weight is 681 g/mol. The highest BCUT2D eigenvalue weighted by Crippen LogP contribution is 2.50. The second kappa shape index (κ2) is 11.2. The topological polar surface area (TPSA) is 17.1 Å². The fourth-order valence-electron chi connectivity index (χ4n) is 9.21. The standard InChI is InChI=1S/C50H33OP/c51-52(40-14-2-1-3-15-40,41-16-6-12-38(30-41)43-26-22-36-20-18-32-8-4-10-34-24-28-45(43)49(36)47(32)34)42-17-7-13-39(31-42)44-27-23-37-21-19-33-9-5-11-35-25-29-46(44)50(37)48(33)35/h1-31,34,47H. The van der Waals surface area contributed by atoms with Crippen molar-refractivity contribution in [2.24, 2.45) is 5.92 Å². The third kappa shape index (κ3) is 4.27. The van der Waals surface area contributed by atoms with Gasteiger partial charge in [-0.05, 0) is 89.0 Å². The van der Waals surface area contributed by atoms with Gasteiger partial charge in [-0.25, -0.2) is 0 Å². The fourth-order valence-corrected chi connectivity index (χ4v) is 11.9. The molecule has 244 valence electrons. The first-order valence-electron chi connectivity index (χ1n) is 18.1. The van der Waals surface area contributed by atoms with Crippen LogP contribution in [0, 0.1) is 5.92 Å². The van der Waals surface area contributed by atoms with E-state index in [0.29, 0.717) is 11.8 Å². The third-order valence-electron chi connectivity index (χ3n) is 11.6. The number of benzene rings is 8. The molecule has 0 aromatic heterocycles. The van der Waals surface area contributed by atoms with Crippen LogP contribution < -0.4 is 15.9 Å². The Balaban J connectivity index is 1.08. The summed E-state index contributed by atoms with van der Waals surface area (Å²) in [6, 6.07) is 51.5. The number of allylic oxidation sites excluding steroid dienone is 6. The first-order chi connectivity index (χ1) is 25.6. The molecule has 2 heteroatoms. The van der Waals surface area contributed by atoms with Gasteiger partial charge < -0.3 is 4.57 Å². The van der Waals surface area contributed by atoms with Crippen LogP contribution in [0.1, 0.15) is 22.6 Å². The Labute approximate surface area is 303 Å². The largest absolute Gasteiger partial charge is 0.309 e. The summed E-state index contributed by atoms with van der Waals surface area (Å²) >= 11 is 0. The first kappa shape index (κ1) is 29.7. The van der Waals surface area contributed by atoms with Gasteiger partial charge in [0.1, 0.15) is 0 Å². The minimum Gasteiger partial charge on any atom is -0.309 e. The van der Waals surface area contributed by atoms with Gasteiger partial charge in [-0.15, -0.1) is 0 Å². The predicted octanol–water partition coefficient (Wildman–Crippen LogP) is 11.8. The van der Waals surface area contributed by atoms with Crippen LogP contribution in [-0.4, -0.2) is 0 Å². The Morgan fingerprint density at radius 3 is 1.94 bits per heavy atom. The van der Waals surface area contributed by atoms with Gasteiger partial charge in [-0.3, -0.25) is 0 Å². The summed E-state index contributed by atoms with van der Waals surface area (Å²) in [5.41, 5.74) is 9.83. The molecule has 0 saturated carbocycles. The van der Waals surface area contributed by atoms with E-state index in [1.165, 1.54) is 60.1 Å². The van der Waals surface area contributed by atoms with Crippen LogP contribution in [0.2, 0.25) is 0 Å². The van der Waals surface area contributed by atoms with Crippen LogP contribution in [0.15, 0.2) is 182 Å². The van der Waals surface area contributed by atoms with E-state index < -0.39 is 7.14 Å². The van der Waals surface area contributed by atoms with Crippen molar-refractivity contribution in [3.8, 4) is 22.3 Å². The number of hydrogen-bond acceptors (Lipinski definition) is 1. The van der Waals surface area contributed by atoms with Gasteiger partial charge in [0.05, 0.1) is 0 Å². The van der Waals surface area contributed by atoms with Crippen molar-refractivity contribution in [2.75, 3.05) is 0 Å². The van der Waals surface area contributed by atoms with Crippen molar-refractivity contribution < 1.29 is 4.57 Å². The van der Waals surface area contributed by atoms with E-state index in [4.69, 9.17) is 0 Å². The molecule has 0 bridgehead atoms. The summed E-state index contributed by atoms with van der Waals surface area (Å²) in [7, 11) is -3.30. The molecule has 0 N–H and O–H groups in total. The molecule has 8 aromatic rings. The highest BCUT2D eigenvalue weighted by atomic mass is 31.2. The normalized spacial score (nSPS) is 18.1. The second-order valence-electron chi connectivity index (χ2n) is 14.3. The Morgan fingerprint density at radius 1 is 0.500 bits per heavy atom. The summed E-state index contributed by atoms with van der Waals surface area (Å²) in [6.45, 7) is 0. The molecule has 0 saturated heterocycles. The van der Waals surface area contributed by atoms with E-state index in [0.717, 1.165) is 32.6 Å². The molecule has 8 aromatic carbocycles. The highest BCUT2D eigenvalue weighted by Gasteiger charge is 2.34. The SMILES string of the molecule is O=P(c1ccccc1)(c1cccc(-c2ccc3c4c2C=CC2C=CC=C(C=C3)C42)c1)c1cccc(-c2ccc3ccc4cccc5ccc2c3c45)c1. The monoisotopic (exact) mass is 680 g/mol. The molecule has 52 heavy (non-hydrogen) atoms. The van der Waals surface area contributed by atoms with E-state index in [9.17, 15) is 0 Å². The summed E-state index contributed by atoms with van der Waals surface area (Å²) in [4.78, 5) is 0. The van der Waals surface area contributed by atoms with Gasteiger partial charge in [-0.1, -0.05) is 176 Å². The number of hydrogen-bond donors (Lipinski definition) is 0. The molecule has 11 rings (SSSR count). The van der Waals surface area contributed by atoms with Gasteiger partial charge in [0.25, 0.3) is 0 Å². The number of rotatable bonds is 5. The van der Waals surface area contributed by atoms with Crippen molar-refractivity contribution in [3.05, 3.63) is 198 Å². The van der Waals surface area contributed by atoms with E-state index in [2.05, 4.69) is 158 Å². The summed E-state index contributed by atoms with van der Waals surface area (Å²) < 4.78 is 16.1. The van der Waals surface area contributed by atoms with E-state index in [1.54, 1.807) is 0 Å². The zero-order valence-corrected chi connectivity index (χ0v) is 29.3. The van der Waals surface area contributed by atoms with Gasteiger partial charge in [0.15, 0.2) is 7.14 Å². The zero-order valence-electron chi connectivity index (χ0n) is 28.4. The molecule has 0 spiro atoms. The molecular formula is C50H33OP. The maximum atomic E-state index is 16.1. The second-order valence-corrected chi connectivity index (χ2v) is 17.1. The van der Waals surface area contributed by atoms with Crippen LogP contribution in [0.4, 0.5) is 0 Å². The quantitative estimate of drug-likeness (QED) is 0.131. The van der Waals surface area contributed by atoms with Crippen molar-refractivity contribution in [2.45, 2.75) is 5.92 Å². The van der Waals surface area contributed by atoms with Crippen LogP contribution >= 0.6 is 7.14 Å². The molecule has 0 fully saturated rings. The molecule has 3 aliphatic rings. The fraction of sp³-hybridized carbons (Fsp3) is 0.0400. The van der Waals surface area contributed by atoms with Crippen molar-refractivity contribution in [3.63, 3.8) is 0 Å². The lowest BCUT2D eigenvalue weighted by atomic mass is 9.68. The molecular weight excluding hydrogens is 648 g/mol. The molecule has 0 amide bonds. The van der Waals surface area contributed by atoms with Crippen LogP contribution in [0.5, 0.6) is 0 Å². The minimum atomic E-state index is -3.30. The summed E-state index contributed by atoms with van der Waals surface area (Å²) in [6.07, 6.45) is 16.0.